The normalized spacial score (nSPS) is 15.5. The van der Waals surface area contributed by atoms with Crippen LogP contribution >= 0.6 is 11.8 Å². The number of hydrogen-bond acceptors (Lipinski definition) is 3. The van der Waals surface area contributed by atoms with E-state index in [4.69, 9.17) is 0 Å². The first-order valence-electron chi connectivity index (χ1n) is 7.04. The van der Waals surface area contributed by atoms with Gasteiger partial charge in [-0.15, -0.1) is 0 Å². The predicted octanol–water partition coefficient (Wildman–Crippen LogP) is 3.23. The molecule has 0 saturated heterocycles. The maximum absolute atomic E-state index is 3.67. The van der Waals surface area contributed by atoms with Crippen molar-refractivity contribution in [3.8, 4) is 0 Å². The van der Waals surface area contributed by atoms with Crippen LogP contribution in [-0.2, 0) is 0 Å². The average molecular weight is 260 g/mol. The molecule has 2 unspecified atom stereocenters. The highest BCUT2D eigenvalue weighted by atomic mass is 32.2. The van der Waals surface area contributed by atoms with E-state index in [1.165, 1.54) is 25.0 Å². The molecule has 2 nitrogen and oxygen atoms in total. The summed E-state index contributed by atoms with van der Waals surface area (Å²) < 4.78 is 0. The van der Waals surface area contributed by atoms with Crippen molar-refractivity contribution in [3.05, 3.63) is 0 Å². The standard InChI is InChI=1S/C14H32N2S/c1-7-13(8-2)15-10-12(4)16(5)14(9-3)11-17-6/h12-15H,7-11H2,1-6H3. The van der Waals surface area contributed by atoms with Crippen LogP contribution in [0, 0.1) is 0 Å². The molecular formula is C14H32N2S. The van der Waals surface area contributed by atoms with Crippen molar-refractivity contribution in [3.63, 3.8) is 0 Å². The maximum Gasteiger partial charge on any atom is 0.0192 e. The summed E-state index contributed by atoms with van der Waals surface area (Å²) in [5.74, 6) is 1.24. The molecule has 0 fully saturated rings. The molecule has 3 heteroatoms. The first kappa shape index (κ1) is 17.3. The summed E-state index contributed by atoms with van der Waals surface area (Å²) in [5, 5.41) is 3.67. The predicted molar refractivity (Wildman–Crippen MR) is 82.1 cm³/mol. The molecule has 0 aromatic heterocycles. The molecule has 17 heavy (non-hydrogen) atoms. The van der Waals surface area contributed by atoms with Gasteiger partial charge < -0.3 is 5.32 Å². The fourth-order valence-electron chi connectivity index (χ4n) is 2.13. The topological polar surface area (TPSA) is 15.3 Å². The third-order valence-electron chi connectivity index (χ3n) is 3.79. The van der Waals surface area contributed by atoms with Gasteiger partial charge in [0, 0.05) is 30.4 Å². The minimum Gasteiger partial charge on any atom is -0.312 e. The molecule has 0 radical (unpaired) electrons. The van der Waals surface area contributed by atoms with Gasteiger partial charge in [0.1, 0.15) is 0 Å². The summed E-state index contributed by atoms with van der Waals surface area (Å²) in [5.41, 5.74) is 0. The van der Waals surface area contributed by atoms with E-state index in [-0.39, 0.29) is 0 Å². The van der Waals surface area contributed by atoms with Crippen LogP contribution in [0.5, 0.6) is 0 Å². The molecule has 0 rings (SSSR count). The van der Waals surface area contributed by atoms with E-state index < -0.39 is 0 Å². The lowest BCUT2D eigenvalue weighted by molar-refractivity contribution is 0.186. The molecule has 0 heterocycles. The Morgan fingerprint density at radius 1 is 1.12 bits per heavy atom. The zero-order chi connectivity index (χ0) is 13.3. The second-order valence-electron chi connectivity index (χ2n) is 4.95. The van der Waals surface area contributed by atoms with E-state index in [1.54, 1.807) is 0 Å². The van der Waals surface area contributed by atoms with Crippen LogP contribution in [0.15, 0.2) is 0 Å². The van der Waals surface area contributed by atoms with Crippen molar-refractivity contribution in [2.45, 2.75) is 65.1 Å². The fraction of sp³-hybridized carbons (Fsp3) is 1.00. The molecule has 2 atom stereocenters. The number of hydrogen-bond donors (Lipinski definition) is 1. The minimum atomic E-state index is 0.618. The van der Waals surface area contributed by atoms with Crippen LogP contribution < -0.4 is 5.32 Å². The molecule has 104 valence electrons. The van der Waals surface area contributed by atoms with Gasteiger partial charge in [0.25, 0.3) is 0 Å². The molecular weight excluding hydrogens is 228 g/mol. The van der Waals surface area contributed by atoms with Gasteiger partial charge in [0.05, 0.1) is 0 Å². The van der Waals surface area contributed by atoms with Gasteiger partial charge in [0.2, 0.25) is 0 Å². The Kier molecular flexibility index (Phi) is 10.4. The van der Waals surface area contributed by atoms with E-state index in [0.717, 1.165) is 6.54 Å². The van der Waals surface area contributed by atoms with Crippen LogP contribution in [0.25, 0.3) is 0 Å². The molecule has 0 saturated carbocycles. The number of likely N-dealkylation sites (N-methyl/N-ethyl adjacent to an activating group) is 1. The van der Waals surface area contributed by atoms with E-state index in [9.17, 15) is 0 Å². The Bertz CT molecular complexity index is 172. The number of rotatable bonds is 10. The Morgan fingerprint density at radius 2 is 1.71 bits per heavy atom. The van der Waals surface area contributed by atoms with Crippen LogP contribution in [-0.4, -0.2) is 48.6 Å². The van der Waals surface area contributed by atoms with Crippen LogP contribution in [0.1, 0.15) is 47.0 Å². The number of thioether (sulfide) groups is 1. The number of nitrogens with zero attached hydrogens (tertiary/aromatic N) is 1. The molecule has 0 aromatic carbocycles. The van der Waals surface area contributed by atoms with Crippen LogP contribution in [0.2, 0.25) is 0 Å². The lowest BCUT2D eigenvalue weighted by Crippen LogP contribution is -2.46. The molecule has 1 N–H and O–H groups in total. The SMILES string of the molecule is CCC(CC)NCC(C)N(C)C(CC)CSC. The van der Waals surface area contributed by atoms with Crippen LogP contribution in [0.3, 0.4) is 0 Å². The summed E-state index contributed by atoms with van der Waals surface area (Å²) >= 11 is 1.95. The van der Waals surface area contributed by atoms with Gasteiger partial charge >= 0.3 is 0 Å². The first-order chi connectivity index (χ1) is 8.10. The number of nitrogens with one attached hydrogen (secondary N) is 1. The van der Waals surface area contributed by atoms with Crippen molar-refractivity contribution in [1.29, 1.82) is 0 Å². The second-order valence-corrected chi connectivity index (χ2v) is 5.86. The molecule has 0 aliphatic rings. The van der Waals surface area contributed by atoms with Crippen LogP contribution in [0.4, 0.5) is 0 Å². The summed E-state index contributed by atoms with van der Waals surface area (Å²) in [6.45, 7) is 10.3. The zero-order valence-corrected chi connectivity index (χ0v) is 13.4. The summed E-state index contributed by atoms with van der Waals surface area (Å²) in [6, 6.07) is 2.02. The lowest BCUT2D eigenvalue weighted by Gasteiger charge is -2.33. The Labute approximate surface area is 113 Å². The van der Waals surface area contributed by atoms with E-state index in [1.807, 2.05) is 11.8 Å². The van der Waals surface area contributed by atoms with Gasteiger partial charge in [0.15, 0.2) is 0 Å². The van der Waals surface area contributed by atoms with Crippen molar-refractivity contribution in [2.24, 2.45) is 0 Å². The highest BCUT2D eigenvalue weighted by Crippen LogP contribution is 2.11. The quantitative estimate of drug-likeness (QED) is 0.649. The molecule has 0 aliphatic carbocycles. The van der Waals surface area contributed by atoms with Gasteiger partial charge in [-0.3, -0.25) is 4.90 Å². The van der Waals surface area contributed by atoms with Gasteiger partial charge in [-0.2, -0.15) is 11.8 Å². The largest absolute Gasteiger partial charge is 0.312 e. The van der Waals surface area contributed by atoms with Crippen molar-refractivity contribution < 1.29 is 0 Å². The summed E-state index contributed by atoms with van der Waals surface area (Å²) in [4.78, 5) is 2.53. The minimum absolute atomic E-state index is 0.618. The smallest absolute Gasteiger partial charge is 0.0192 e. The van der Waals surface area contributed by atoms with Gasteiger partial charge in [-0.05, 0) is 39.5 Å². The summed E-state index contributed by atoms with van der Waals surface area (Å²) in [7, 11) is 2.27. The van der Waals surface area contributed by atoms with E-state index in [2.05, 4.69) is 51.2 Å². The monoisotopic (exact) mass is 260 g/mol. The molecule has 0 amide bonds. The van der Waals surface area contributed by atoms with E-state index >= 15 is 0 Å². The Balaban J connectivity index is 4.05. The van der Waals surface area contributed by atoms with Gasteiger partial charge in [-0.1, -0.05) is 20.8 Å². The maximum atomic E-state index is 3.67. The average Bonchev–Trinajstić information content (AvgIpc) is 2.36. The summed E-state index contributed by atoms with van der Waals surface area (Å²) in [6.07, 6.45) is 5.90. The zero-order valence-electron chi connectivity index (χ0n) is 12.6. The third-order valence-corrected chi connectivity index (χ3v) is 4.51. The highest BCUT2D eigenvalue weighted by Gasteiger charge is 2.18. The van der Waals surface area contributed by atoms with Crippen molar-refractivity contribution in [1.82, 2.24) is 10.2 Å². The van der Waals surface area contributed by atoms with Gasteiger partial charge in [-0.25, -0.2) is 0 Å². The first-order valence-corrected chi connectivity index (χ1v) is 8.44. The molecule has 0 aliphatic heterocycles. The van der Waals surface area contributed by atoms with E-state index in [0.29, 0.717) is 18.1 Å². The molecule has 0 bridgehead atoms. The molecule has 0 aromatic rings. The van der Waals surface area contributed by atoms with Crippen molar-refractivity contribution >= 4 is 11.8 Å². The lowest BCUT2D eigenvalue weighted by atomic mass is 10.1. The third kappa shape index (κ3) is 6.68. The second kappa shape index (κ2) is 10.2. The Hall–Kier alpha value is 0.270. The fourth-order valence-corrected chi connectivity index (χ4v) is 2.99. The van der Waals surface area contributed by atoms with Crippen molar-refractivity contribution in [2.75, 3.05) is 25.6 Å². The highest BCUT2D eigenvalue weighted by molar-refractivity contribution is 7.98. The Morgan fingerprint density at radius 3 is 2.12 bits per heavy atom. The molecule has 0 spiro atoms.